The lowest BCUT2D eigenvalue weighted by atomic mass is 10.0. The van der Waals surface area contributed by atoms with Crippen LogP contribution in [0.5, 0.6) is 0 Å². The third-order valence-electron chi connectivity index (χ3n) is 3.53. The maximum atomic E-state index is 12.0. The van der Waals surface area contributed by atoms with Crippen LogP contribution in [-0.4, -0.2) is 27.7 Å². The summed E-state index contributed by atoms with van der Waals surface area (Å²) < 4.78 is 0. The normalized spacial score (nSPS) is 12.7. The van der Waals surface area contributed by atoms with Gasteiger partial charge in [-0.3, -0.25) is 4.79 Å². The van der Waals surface area contributed by atoms with Gasteiger partial charge in [0.1, 0.15) is 0 Å². The molecule has 0 aliphatic heterocycles. The number of para-hydroxylation sites is 2. The number of hydrogen-bond donors (Lipinski definition) is 2. The van der Waals surface area contributed by atoms with Crippen molar-refractivity contribution in [3.8, 4) is 0 Å². The number of aromatic amines is 1. The number of aromatic nitrogens is 2. The highest BCUT2D eigenvalue weighted by Crippen LogP contribution is 2.18. The highest BCUT2D eigenvalue weighted by Gasteiger charge is 2.10. The Hall–Kier alpha value is -1.49. The van der Waals surface area contributed by atoms with Gasteiger partial charge in [-0.1, -0.05) is 50.6 Å². The summed E-state index contributed by atoms with van der Waals surface area (Å²) in [6.45, 7) is 6.53. The van der Waals surface area contributed by atoms with Crippen molar-refractivity contribution >= 4 is 28.7 Å². The summed E-state index contributed by atoms with van der Waals surface area (Å²) in [4.78, 5) is 19.6. The van der Waals surface area contributed by atoms with Gasteiger partial charge in [-0.2, -0.15) is 0 Å². The molecule has 0 bridgehead atoms. The van der Waals surface area contributed by atoms with Gasteiger partial charge in [0.05, 0.1) is 16.8 Å². The van der Waals surface area contributed by atoms with Crippen LogP contribution in [0.4, 0.5) is 0 Å². The van der Waals surface area contributed by atoms with Crippen LogP contribution in [0, 0.1) is 5.92 Å². The second-order valence-electron chi connectivity index (χ2n) is 6.14. The molecule has 1 aromatic carbocycles. The monoisotopic (exact) mass is 319 g/mol. The standard InChI is InChI=1S/C17H25N3OS/c1-12(2)7-6-8-13(3)18-16(21)11-22-17-19-14-9-4-5-10-15(14)20-17/h4-5,9-10,12-13H,6-8,11H2,1-3H3,(H,18,21)(H,19,20)/t13-/m1/s1. The van der Waals surface area contributed by atoms with Crippen LogP contribution < -0.4 is 5.32 Å². The van der Waals surface area contributed by atoms with Crippen molar-refractivity contribution in [1.82, 2.24) is 15.3 Å². The largest absolute Gasteiger partial charge is 0.353 e. The van der Waals surface area contributed by atoms with Crippen LogP contribution in [-0.2, 0) is 4.79 Å². The van der Waals surface area contributed by atoms with Crippen LogP contribution in [0.3, 0.4) is 0 Å². The molecular formula is C17H25N3OS. The molecule has 0 spiro atoms. The number of rotatable bonds is 8. The van der Waals surface area contributed by atoms with Crippen LogP contribution in [0.15, 0.2) is 29.4 Å². The molecule has 1 aromatic heterocycles. The smallest absolute Gasteiger partial charge is 0.230 e. The molecule has 2 aromatic rings. The van der Waals surface area contributed by atoms with Gasteiger partial charge in [-0.15, -0.1) is 0 Å². The van der Waals surface area contributed by atoms with E-state index in [0.717, 1.165) is 34.9 Å². The molecule has 22 heavy (non-hydrogen) atoms. The number of amides is 1. The number of H-pyrrole nitrogens is 1. The number of fused-ring (bicyclic) bond motifs is 1. The van der Waals surface area contributed by atoms with Crippen LogP contribution in [0.2, 0.25) is 0 Å². The molecule has 0 aliphatic rings. The minimum absolute atomic E-state index is 0.0718. The highest BCUT2D eigenvalue weighted by atomic mass is 32.2. The second kappa shape index (κ2) is 8.22. The first-order valence-corrected chi connectivity index (χ1v) is 8.90. The lowest BCUT2D eigenvalue weighted by molar-refractivity contribution is -0.119. The first kappa shape index (κ1) is 16.9. The Kier molecular flexibility index (Phi) is 6.31. The van der Waals surface area contributed by atoms with Gasteiger partial charge in [0, 0.05) is 6.04 Å². The molecular weight excluding hydrogens is 294 g/mol. The van der Waals surface area contributed by atoms with E-state index in [2.05, 4.69) is 36.1 Å². The van der Waals surface area contributed by atoms with Crippen molar-refractivity contribution in [2.75, 3.05) is 5.75 Å². The van der Waals surface area contributed by atoms with E-state index in [4.69, 9.17) is 0 Å². The van der Waals surface area contributed by atoms with Crippen molar-refractivity contribution in [1.29, 1.82) is 0 Å². The first-order chi connectivity index (χ1) is 10.5. The number of nitrogens with one attached hydrogen (secondary N) is 2. The summed E-state index contributed by atoms with van der Waals surface area (Å²) in [5.41, 5.74) is 1.94. The molecule has 0 unspecified atom stereocenters. The Morgan fingerprint density at radius 1 is 1.27 bits per heavy atom. The highest BCUT2D eigenvalue weighted by molar-refractivity contribution is 7.99. The molecule has 0 saturated heterocycles. The predicted molar refractivity (Wildman–Crippen MR) is 93.1 cm³/mol. The maximum Gasteiger partial charge on any atom is 0.230 e. The Morgan fingerprint density at radius 3 is 2.77 bits per heavy atom. The summed E-state index contributed by atoms with van der Waals surface area (Å²) in [5, 5.41) is 3.85. The van der Waals surface area contributed by atoms with Crippen molar-refractivity contribution in [3.63, 3.8) is 0 Å². The number of carbonyl (C=O) groups excluding carboxylic acids is 1. The molecule has 1 amide bonds. The Balaban J connectivity index is 1.73. The van der Waals surface area contributed by atoms with Crippen LogP contribution >= 0.6 is 11.8 Å². The minimum Gasteiger partial charge on any atom is -0.353 e. The first-order valence-electron chi connectivity index (χ1n) is 7.91. The average molecular weight is 319 g/mol. The molecule has 2 rings (SSSR count). The van der Waals surface area contributed by atoms with E-state index in [1.807, 2.05) is 24.3 Å². The van der Waals surface area contributed by atoms with E-state index in [0.29, 0.717) is 5.75 Å². The van der Waals surface area contributed by atoms with Crippen molar-refractivity contribution in [3.05, 3.63) is 24.3 Å². The van der Waals surface area contributed by atoms with E-state index in [9.17, 15) is 4.79 Å². The number of benzene rings is 1. The van der Waals surface area contributed by atoms with Gasteiger partial charge >= 0.3 is 0 Å². The Bertz CT molecular complexity index is 576. The summed E-state index contributed by atoms with van der Waals surface area (Å²) >= 11 is 1.45. The zero-order chi connectivity index (χ0) is 15.9. The van der Waals surface area contributed by atoms with Crippen LogP contribution in [0.1, 0.15) is 40.0 Å². The quantitative estimate of drug-likeness (QED) is 0.723. The van der Waals surface area contributed by atoms with Crippen molar-refractivity contribution in [2.45, 2.75) is 51.2 Å². The lowest BCUT2D eigenvalue weighted by Gasteiger charge is -2.14. The zero-order valence-electron chi connectivity index (χ0n) is 13.6. The fourth-order valence-electron chi connectivity index (χ4n) is 2.35. The molecule has 2 N–H and O–H groups in total. The van der Waals surface area contributed by atoms with Crippen molar-refractivity contribution in [2.24, 2.45) is 5.92 Å². The molecule has 0 aliphatic carbocycles. The van der Waals surface area contributed by atoms with E-state index >= 15 is 0 Å². The average Bonchev–Trinajstić information content (AvgIpc) is 2.87. The van der Waals surface area contributed by atoms with Gasteiger partial charge in [0.2, 0.25) is 5.91 Å². The van der Waals surface area contributed by atoms with Gasteiger partial charge in [-0.25, -0.2) is 4.98 Å². The van der Waals surface area contributed by atoms with E-state index < -0.39 is 0 Å². The van der Waals surface area contributed by atoms with E-state index in [1.54, 1.807) is 0 Å². The molecule has 0 fully saturated rings. The summed E-state index contributed by atoms with van der Waals surface area (Å²) in [7, 11) is 0. The fourth-order valence-corrected chi connectivity index (χ4v) is 3.05. The van der Waals surface area contributed by atoms with Crippen LogP contribution in [0.25, 0.3) is 11.0 Å². The second-order valence-corrected chi connectivity index (χ2v) is 7.11. The summed E-state index contributed by atoms with van der Waals surface area (Å²) in [6, 6.07) is 8.13. The predicted octanol–water partition coefficient (Wildman–Crippen LogP) is 3.99. The summed E-state index contributed by atoms with van der Waals surface area (Å²) in [5.74, 6) is 1.20. The third-order valence-corrected chi connectivity index (χ3v) is 4.41. The maximum absolute atomic E-state index is 12.0. The van der Waals surface area contributed by atoms with Gasteiger partial charge < -0.3 is 10.3 Å². The molecule has 1 heterocycles. The number of thioether (sulfide) groups is 1. The summed E-state index contributed by atoms with van der Waals surface area (Å²) in [6.07, 6.45) is 3.42. The Morgan fingerprint density at radius 2 is 2.05 bits per heavy atom. The number of hydrogen-bond acceptors (Lipinski definition) is 3. The van der Waals surface area contributed by atoms with Gasteiger partial charge in [0.25, 0.3) is 0 Å². The molecule has 0 radical (unpaired) electrons. The number of carbonyl (C=O) groups is 1. The number of nitrogens with zero attached hydrogens (tertiary/aromatic N) is 1. The molecule has 1 atom stereocenters. The molecule has 5 heteroatoms. The third kappa shape index (κ3) is 5.37. The fraction of sp³-hybridized carbons (Fsp3) is 0.529. The SMILES string of the molecule is CC(C)CCC[C@@H](C)NC(=O)CSc1nc2ccccc2[nH]1. The molecule has 0 saturated carbocycles. The molecule has 4 nitrogen and oxygen atoms in total. The zero-order valence-corrected chi connectivity index (χ0v) is 14.4. The van der Waals surface area contributed by atoms with E-state index in [1.165, 1.54) is 18.2 Å². The van der Waals surface area contributed by atoms with Gasteiger partial charge in [0.15, 0.2) is 5.16 Å². The lowest BCUT2D eigenvalue weighted by Crippen LogP contribution is -2.33. The van der Waals surface area contributed by atoms with Gasteiger partial charge in [-0.05, 0) is 31.4 Å². The minimum atomic E-state index is 0.0718. The van der Waals surface area contributed by atoms with E-state index in [-0.39, 0.29) is 11.9 Å². The topological polar surface area (TPSA) is 57.8 Å². The number of imidazole rings is 1. The molecule has 120 valence electrons. The Labute approximate surface area is 136 Å². The van der Waals surface area contributed by atoms with Crippen molar-refractivity contribution < 1.29 is 4.79 Å².